The largest absolute Gasteiger partial charge is 0.494 e. The average Bonchev–Trinajstić information content (AvgIpc) is 3.35. The van der Waals surface area contributed by atoms with Crippen molar-refractivity contribution in [3.63, 3.8) is 0 Å². The zero-order chi connectivity index (χ0) is 21.6. The van der Waals surface area contributed by atoms with Gasteiger partial charge in [-0.15, -0.1) is 16.4 Å². The van der Waals surface area contributed by atoms with E-state index in [1.165, 1.54) is 36.2 Å². The summed E-state index contributed by atoms with van der Waals surface area (Å²) in [6, 6.07) is 15.4. The fourth-order valence-corrected chi connectivity index (χ4v) is 4.08. The Balaban J connectivity index is 1.40. The smallest absolute Gasteiger partial charge is 0.258 e. The summed E-state index contributed by atoms with van der Waals surface area (Å²) in [6.07, 6.45) is 4.66. The van der Waals surface area contributed by atoms with Crippen LogP contribution in [0.5, 0.6) is 5.75 Å². The van der Waals surface area contributed by atoms with Crippen molar-refractivity contribution in [2.75, 3.05) is 11.9 Å². The van der Waals surface area contributed by atoms with Gasteiger partial charge in [-0.1, -0.05) is 56.0 Å². The highest BCUT2D eigenvalue weighted by Gasteiger charge is 2.14. The van der Waals surface area contributed by atoms with Crippen LogP contribution >= 0.6 is 11.3 Å². The second-order valence-electron chi connectivity index (χ2n) is 7.50. The van der Waals surface area contributed by atoms with Gasteiger partial charge in [0.2, 0.25) is 4.96 Å². The van der Waals surface area contributed by atoms with E-state index in [1.807, 2.05) is 17.5 Å². The molecule has 0 bridgehead atoms. The molecule has 4 aromatic rings. The molecule has 0 radical (unpaired) electrons. The molecule has 7 heteroatoms. The highest BCUT2D eigenvalue weighted by molar-refractivity contribution is 7.15. The summed E-state index contributed by atoms with van der Waals surface area (Å²) in [4.78, 5) is 17.8. The number of rotatable bonds is 9. The van der Waals surface area contributed by atoms with E-state index in [4.69, 9.17) is 4.74 Å². The molecule has 2 heterocycles. The van der Waals surface area contributed by atoms with E-state index in [1.54, 1.807) is 16.6 Å². The van der Waals surface area contributed by atoms with Crippen LogP contribution in [0.2, 0.25) is 0 Å². The molecule has 0 aliphatic carbocycles. The first-order valence-corrected chi connectivity index (χ1v) is 11.5. The monoisotopic (exact) mass is 434 g/mol. The van der Waals surface area contributed by atoms with Crippen molar-refractivity contribution in [2.24, 2.45) is 0 Å². The number of anilines is 1. The molecule has 0 aliphatic rings. The van der Waals surface area contributed by atoms with Gasteiger partial charge in [-0.3, -0.25) is 10.1 Å². The minimum atomic E-state index is -0.246. The SMILES string of the molecule is CCCCCCOc1ccc(C(=O)Nc2nc3scc(-c4ccc(C)cc4)n3n2)cc1. The molecular weight excluding hydrogens is 408 g/mol. The van der Waals surface area contributed by atoms with Gasteiger partial charge in [-0.2, -0.15) is 4.98 Å². The van der Waals surface area contributed by atoms with Crippen molar-refractivity contribution in [3.8, 4) is 17.0 Å². The molecule has 0 unspecified atom stereocenters. The molecule has 2 aromatic heterocycles. The molecule has 0 saturated carbocycles. The van der Waals surface area contributed by atoms with Gasteiger partial charge in [0.25, 0.3) is 11.9 Å². The van der Waals surface area contributed by atoms with Gasteiger partial charge >= 0.3 is 0 Å². The molecule has 31 heavy (non-hydrogen) atoms. The normalized spacial score (nSPS) is 11.0. The summed E-state index contributed by atoms with van der Waals surface area (Å²) in [5.41, 5.74) is 3.75. The summed E-state index contributed by atoms with van der Waals surface area (Å²) >= 11 is 1.49. The lowest BCUT2D eigenvalue weighted by molar-refractivity contribution is 0.102. The lowest BCUT2D eigenvalue weighted by atomic mass is 10.1. The van der Waals surface area contributed by atoms with E-state index in [0.29, 0.717) is 18.1 Å². The van der Waals surface area contributed by atoms with Gasteiger partial charge in [-0.25, -0.2) is 4.52 Å². The number of aromatic nitrogens is 3. The summed E-state index contributed by atoms with van der Waals surface area (Å²) < 4.78 is 7.50. The fourth-order valence-electron chi connectivity index (χ4n) is 3.25. The third-order valence-electron chi connectivity index (χ3n) is 5.04. The Bertz CT molecular complexity index is 1150. The number of amides is 1. The summed E-state index contributed by atoms with van der Waals surface area (Å²) in [5, 5.41) is 9.29. The van der Waals surface area contributed by atoms with Crippen molar-refractivity contribution in [1.29, 1.82) is 0 Å². The highest BCUT2D eigenvalue weighted by Crippen LogP contribution is 2.26. The molecule has 2 aromatic carbocycles. The van der Waals surface area contributed by atoms with Crippen molar-refractivity contribution in [2.45, 2.75) is 39.5 Å². The van der Waals surface area contributed by atoms with Gasteiger partial charge in [0.15, 0.2) is 0 Å². The molecular formula is C24H26N4O2S. The Morgan fingerprint density at radius 2 is 1.84 bits per heavy atom. The van der Waals surface area contributed by atoms with Crippen LogP contribution in [0.1, 0.15) is 48.5 Å². The molecule has 0 atom stereocenters. The van der Waals surface area contributed by atoms with Crippen molar-refractivity contribution >= 4 is 28.2 Å². The van der Waals surface area contributed by atoms with E-state index in [0.717, 1.165) is 28.4 Å². The van der Waals surface area contributed by atoms with Crippen molar-refractivity contribution in [3.05, 3.63) is 65.0 Å². The maximum Gasteiger partial charge on any atom is 0.258 e. The number of hydrogen-bond acceptors (Lipinski definition) is 5. The highest BCUT2D eigenvalue weighted by atomic mass is 32.1. The summed E-state index contributed by atoms with van der Waals surface area (Å²) in [7, 11) is 0. The molecule has 0 aliphatic heterocycles. The van der Waals surface area contributed by atoms with Gasteiger partial charge in [0.05, 0.1) is 12.3 Å². The number of ether oxygens (including phenoxy) is 1. The van der Waals surface area contributed by atoms with Crippen LogP contribution in [0.15, 0.2) is 53.9 Å². The summed E-state index contributed by atoms with van der Waals surface area (Å²) in [6.45, 7) is 4.95. The van der Waals surface area contributed by atoms with E-state index < -0.39 is 0 Å². The maximum absolute atomic E-state index is 12.6. The van der Waals surface area contributed by atoms with Gasteiger partial charge in [0, 0.05) is 16.5 Å². The molecule has 0 saturated heterocycles. The number of fused-ring (bicyclic) bond motifs is 1. The first-order chi connectivity index (χ1) is 15.1. The topological polar surface area (TPSA) is 68.5 Å². The average molecular weight is 435 g/mol. The van der Waals surface area contributed by atoms with Crippen LogP contribution in [0.4, 0.5) is 5.95 Å². The van der Waals surface area contributed by atoms with Gasteiger partial charge in [0.1, 0.15) is 5.75 Å². The number of benzene rings is 2. The van der Waals surface area contributed by atoms with Crippen LogP contribution < -0.4 is 10.1 Å². The molecule has 6 nitrogen and oxygen atoms in total. The molecule has 160 valence electrons. The second-order valence-corrected chi connectivity index (χ2v) is 8.34. The number of hydrogen-bond donors (Lipinski definition) is 1. The maximum atomic E-state index is 12.6. The van der Waals surface area contributed by atoms with Crippen molar-refractivity contribution < 1.29 is 9.53 Å². The van der Waals surface area contributed by atoms with Gasteiger partial charge < -0.3 is 4.74 Å². The summed E-state index contributed by atoms with van der Waals surface area (Å²) in [5.74, 6) is 0.822. The van der Waals surface area contributed by atoms with E-state index in [2.05, 4.69) is 53.5 Å². The number of unbranched alkanes of at least 4 members (excludes halogenated alkanes) is 3. The molecule has 1 amide bonds. The van der Waals surface area contributed by atoms with Crippen LogP contribution in [-0.2, 0) is 0 Å². The van der Waals surface area contributed by atoms with Crippen LogP contribution in [0.25, 0.3) is 16.2 Å². The zero-order valence-electron chi connectivity index (χ0n) is 17.8. The van der Waals surface area contributed by atoms with Gasteiger partial charge in [-0.05, 0) is 37.6 Å². The van der Waals surface area contributed by atoms with Crippen LogP contribution in [0, 0.1) is 6.92 Å². The Labute approximate surface area is 185 Å². The Morgan fingerprint density at radius 3 is 2.58 bits per heavy atom. The Morgan fingerprint density at radius 1 is 1.06 bits per heavy atom. The fraction of sp³-hybridized carbons (Fsp3) is 0.292. The first kappa shape index (κ1) is 21.1. The number of aryl methyl sites for hydroxylation is 1. The standard InChI is InChI=1S/C24H26N4O2S/c1-3-4-5-6-15-30-20-13-11-19(12-14-20)22(29)25-23-26-24-28(27-23)21(16-31-24)18-9-7-17(2)8-10-18/h7-14,16H,3-6,15H2,1-2H3,(H,25,27,29). The minimum absolute atomic E-state index is 0.246. The first-order valence-electron chi connectivity index (χ1n) is 10.6. The predicted molar refractivity (Wildman–Crippen MR) is 125 cm³/mol. The van der Waals surface area contributed by atoms with E-state index in [-0.39, 0.29) is 5.91 Å². The third-order valence-corrected chi connectivity index (χ3v) is 5.85. The number of nitrogens with one attached hydrogen (secondary N) is 1. The number of carbonyl (C=O) groups excluding carboxylic acids is 1. The third kappa shape index (κ3) is 5.11. The molecule has 1 N–H and O–H groups in total. The van der Waals surface area contributed by atoms with Crippen LogP contribution in [0.3, 0.4) is 0 Å². The Hall–Kier alpha value is -3.19. The Kier molecular flexibility index (Phi) is 6.62. The minimum Gasteiger partial charge on any atom is -0.494 e. The number of carbonyl (C=O) groups is 1. The predicted octanol–water partition coefficient (Wildman–Crippen LogP) is 5.98. The second kappa shape index (κ2) is 9.75. The van der Waals surface area contributed by atoms with Crippen LogP contribution in [-0.4, -0.2) is 27.1 Å². The quantitative estimate of drug-likeness (QED) is 0.329. The zero-order valence-corrected chi connectivity index (χ0v) is 18.6. The molecule has 4 rings (SSSR count). The molecule has 0 fully saturated rings. The molecule has 0 spiro atoms. The van der Waals surface area contributed by atoms with Crippen molar-refractivity contribution in [1.82, 2.24) is 14.6 Å². The lowest BCUT2D eigenvalue weighted by Gasteiger charge is -2.07. The lowest BCUT2D eigenvalue weighted by Crippen LogP contribution is -2.13. The number of nitrogens with zero attached hydrogens (tertiary/aromatic N) is 3. The van der Waals surface area contributed by atoms with E-state index in [9.17, 15) is 4.79 Å². The van der Waals surface area contributed by atoms with E-state index >= 15 is 0 Å². The number of thiazole rings is 1.